The number of ether oxygens (including phenoxy) is 1. The Morgan fingerprint density at radius 2 is 2.53 bits per heavy atom. The van der Waals surface area contributed by atoms with Crippen LogP contribution in [0.1, 0.15) is 23.1 Å². The van der Waals surface area contributed by atoms with Crippen LogP contribution < -0.4 is 5.32 Å². The van der Waals surface area contributed by atoms with Crippen LogP contribution in [0.2, 0.25) is 0 Å². The van der Waals surface area contributed by atoms with E-state index >= 15 is 0 Å². The lowest BCUT2D eigenvalue weighted by Crippen LogP contribution is -2.25. The fraction of sp³-hybridized carbons (Fsp3) is 0.600. The maximum absolute atomic E-state index is 11.4. The standard InChI is InChI=1S/C10H15N3O3.ClH/c1-2-16-10(15)9-3-7-4-11-5-8(14)6-13(7)12-9;/h3,8,11,14H,2,4-6H2,1H3;1H. The minimum atomic E-state index is -0.476. The highest BCUT2D eigenvalue weighted by molar-refractivity contribution is 5.87. The zero-order valence-electron chi connectivity index (χ0n) is 9.55. The van der Waals surface area contributed by atoms with Crippen molar-refractivity contribution in [1.29, 1.82) is 0 Å². The lowest BCUT2D eigenvalue weighted by Gasteiger charge is -2.06. The number of carbonyl (C=O) groups is 1. The summed E-state index contributed by atoms with van der Waals surface area (Å²) >= 11 is 0. The maximum Gasteiger partial charge on any atom is 0.358 e. The van der Waals surface area contributed by atoms with Crippen molar-refractivity contribution in [2.45, 2.75) is 26.1 Å². The third-order valence-corrected chi connectivity index (χ3v) is 2.42. The normalized spacial score (nSPS) is 18.8. The molecule has 0 fully saturated rings. The second kappa shape index (κ2) is 6.00. The number of carbonyl (C=O) groups excluding carboxylic acids is 1. The lowest BCUT2D eigenvalue weighted by atomic mass is 10.3. The van der Waals surface area contributed by atoms with Gasteiger partial charge in [0.05, 0.1) is 24.9 Å². The fourth-order valence-electron chi connectivity index (χ4n) is 1.69. The third kappa shape index (κ3) is 3.18. The maximum atomic E-state index is 11.4. The van der Waals surface area contributed by atoms with Gasteiger partial charge >= 0.3 is 5.97 Å². The predicted octanol–water partition coefficient (Wildman–Crippen LogP) is -0.0543. The quantitative estimate of drug-likeness (QED) is 0.730. The molecule has 7 heteroatoms. The monoisotopic (exact) mass is 261 g/mol. The van der Waals surface area contributed by atoms with Crippen molar-refractivity contribution in [3.63, 3.8) is 0 Å². The van der Waals surface area contributed by atoms with Gasteiger partial charge in [-0.2, -0.15) is 5.10 Å². The van der Waals surface area contributed by atoms with Crippen LogP contribution >= 0.6 is 12.4 Å². The summed E-state index contributed by atoms with van der Waals surface area (Å²) in [6, 6.07) is 1.70. The number of aliphatic hydroxyl groups is 1. The summed E-state index contributed by atoms with van der Waals surface area (Å²) in [6.45, 7) is 3.63. The van der Waals surface area contributed by atoms with Gasteiger partial charge < -0.3 is 15.2 Å². The van der Waals surface area contributed by atoms with Gasteiger partial charge in [0.25, 0.3) is 0 Å². The van der Waals surface area contributed by atoms with Crippen LogP contribution in [0.25, 0.3) is 0 Å². The number of halogens is 1. The highest BCUT2D eigenvalue weighted by Gasteiger charge is 2.19. The molecule has 0 amide bonds. The van der Waals surface area contributed by atoms with E-state index in [2.05, 4.69) is 10.4 Å². The van der Waals surface area contributed by atoms with Gasteiger partial charge in [-0.1, -0.05) is 0 Å². The molecule has 1 aromatic heterocycles. The number of aliphatic hydroxyl groups excluding tert-OH is 1. The summed E-state index contributed by atoms with van der Waals surface area (Å²) in [5.74, 6) is -0.419. The van der Waals surface area contributed by atoms with Crippen LogP contribution in [-0.2, 0) is 17.8 Å². The Kier molecular flexibility index (Phi) is 4.92. The van der Waals surface area contributed by atoms with Gasteiger partial charge in [0.2, 0.25) is 0 Å². The highest BCUT2D eigenvalue weighted by Crippen LogP contribution is 2.09. The highest BCUT2D eigenvalue weighted by atomic mass is 35.5. The van der Waals surface area contributed by atoms with E-state index in [1.54, 1.807) is 17.7 Å². The number of nitrogens with zero attached hydrogens (tertiary/aromatic N) is 2. The average Bonchev–Trinajstić information content (AvgIpc) is 2.54. The summed E-state index contributed by atoms with van der Waals surface area (Å²) in [7, 11) is 0. The molecule has 0 aliphatic carbocycles. The van der Waals surface area contributed by atoms with E-state index in [1.165, 1.54) is 0 Å². The van der Waals surface area contributed by atoms with E-state index < -0.39 is 12.1 Å². The van der Waals surface area contributed by atoms with Crippen LogP contribution in [0.3, 0.4) is 0 Å². The molecule has 0 bridgehead atoms. The fourth-order valence-corrected chi connectivity index (χ4v) is 1.69. The summed E-state index contributed by atoms with van der Waals surface area (Å²) < 4.78 is 6.52. The van der Waals surface area contributed by atoms with E-state index in [9.17, 15) is 9.90 Å². The Bertz CT molecular complexity index is 394. The van der Waals surface area contributed by atoms with Gasteiger partial charge in [0, 0.05) is 13.1 Å². The largest absolute Gasteiger partial charge is 0.461 e. The van der Waals surface area contributed by atoms with Crippen LogP contribution in [-0.4, -0.2) is 40.1 Å². The second-order valence-electron chi connectivity index (χ2n) is 3.71. The molecule has 1 aliphatic rings. The van der Waals surface area contributed by atoms with Crippen LogP contribution in [0.4, 0.5) is 0 Å². The average molecular weight is 262 g/mol. The molecule has 2 N–H and O–H groups in total. The molecule has 0 aromatic carbocycles. The number of rotatable bonds is 2. The molecule has 0 saturated carbocycles. The lowest BCUT2D eigenvalue weighted by molar-refractivity contribution is 0.0517. The van der Waals surface area contributed by atoms with Gasteiger partial charge in [0.1, 0.15) is 0 Å². The number of esters is 1. The predicted molar refractivity (Wildman–Crippen MR) is 63.1 cm³/mol. The molecule has 6 nitrogen and oxygen atoms in total. The molecular weight excluding hydrogens is 246 g/mol. The van der Waals surface area contributed by atoms with Gasteiger partial charge in [0.15, 0.2) is 5.69 Å². The number of fused-ring (bicyclic) bond motifs is 1. The Morgan fingerprint density at radius 3 is 3.24 bits per heavy atom. The number of β-amino-alcohol motifs (C(OH)–C–C–N with tert-alkyl or cyclic N) is 1. The molecule has 2 heterocycles. The van der Waals surface area contributed by atoms with Crippen molar-refractivity contribution >= 4 is 18.4 Å². The van der Waals surface area contributed by atoms with Gasteiger partial charge in [-0.05, 0) is 13.0 Å². The zero-order valence-corrected chi connectivity index (χ0v) is 10.4. The first-order chi connectivity index (χ1) is 7.70. The first-order valence-electron chi connectivity index (χ1n) is 5.33. The molecule has 2 rings (SSSR count). The first kappa shape index (κ1) is 14.0. The van der Waals surface area contributed by atoms with Crippen molar-refractivity contribution in [3.8, 4) is 0 Å². The topological polar surface area (TPSA) is 76.4 Å². The van der Waals surface area contributed by atoms with Gasteiger partial charge in [-0.25, -0.2) is 4.79 Å². The van der Waals surface area contributed by atoms with Crippen molar-refractivity contribution in [3.05, 3.63) is 17.5 Å². The third-order valence-electron chi connectivity index (χ3n) is 2.42. The summed E-state index contributed by atoms with van der Waals surface area (Å²) in [5, 5.41) is 16.7. The molecule has 0 radical (unpaired) electrons. The summed E-state index contributed by atoms with van der Waals surface area (Å²) in [4.78, 5) is 11.4. The van der Waals surface area contributed by atoms with Gasteiger partial charge in [-0.3, -0.25) is 4.68 Å². The Labute approximate surface area is 105 Å². The van der Waals surface area contributed by atoms with Crippen molar-refractivity contribution in [1.82, 2.24) is 15.1 Å². The smallest absolute Gasteiger partial charge is 0.358 e. The second-order valence-corrected chi connectivity index (χ2v) is 3.71. The van der Waals surface area contributed by atoms with Crippen LogP contribution in [0, 0.1) is 0 Å². The van der Waals surface area contributed by atoms with Crippen molar-refractivity contribution in [2.24, 2.45) is 0 Å². The Hall–Kier alpha value is -1.11. The zero-order chi connectivity index (χ0) is 11.5. The summed E-state index contributed by atoms with van der Waals surface area (Å²) in [5.41, 5.74) is 1.19. The Morgan fingerprint density at radius 1 is 1.76 bits per heavy atom. The SMILES string of the molecule is CCOC(=O)c1cc2n(n1)CC(O)CNC2.Cl. The van der Waals surface area contributed by atoms with E-state index in [1.807, 2.05) is 0 Å². The van der Waals surface area contributed by atoms with Crippen molar-refractivity contribution < 1.29 is 14.6 Å². The molecule has 17 heavy (non-hydrogen) atoms. The minimum absolute atomic E-state index is 0. The minimum Gasteiger partial charge on any atom is -0.461 e. The van der Waals surface area contributed by atoms with E-state index in [0.717, 1.165) is 5.69 Å². The molecule has 1 aromatic rings. The van der Waals surface area contributed by atoms with E-state index in [0.29, 0.717) is 31.9 Å². The number of hydrogen-bond acceptors (Lipinski definition) is 5. The van der Waals surface area contributed by atoms with Crippen LogP contribution in [0.15, 0.2) is 6.07 Å². The number of aromatic nitrogens is 2. The van der Waals surface area contributed by atoms with E-state index in [4.69, 9.17) is 4.74 Å². The first-order valence-corrected chi connectivity index (χ1v) is 5.33. The van der Waals surface area contributed by atoms with Crippen LogP contribution in [0.5, 0.6) is 0 Å². The Balaban J connectivity index is 0.00000144. The molecule has 1 aliphatic heterocycles. The van der Waals surface area contributed by atoms with E-state index in [-0.39, 0.29) is 12.4 Å². The number of hydrogen-bond donors (Lipinski definition) is 2. The van der Waals surface area contributed by atoms with Crippen molar-refractivity contribution in [2.75, 3.05) is 13.2 Å². The molecule has 0 spiro atoms. The van der Waals surface area contributed by atoms with Gasteiger partial charge in [-0.15, -0.1) is 12.4 Å². The summed E-state index contributed by atoms with van der Waals surface area (Å²) in [6.07, 6.45) is -0.476. The molecule has 1 atom stereocenters. The number of nitrogens with one attached hydrogen (secondary N) is 1. The molecule has 1 unspecified atom stereocenters. The molecule has 0 saturated heterocycles. The molecule has 96 valence electrons. The molecular formula is C10H16ClN3O3.